The molecule has 1 aliphatic heterocycles. The van der Waals surface area contributed by atoms with Crippen molar-refractivity contribution < 1.29 is 27.5 Å². The largest absolute Gasteiger partial charge is 0.484 e. The van der Waals surface area contributed by atoms with E-state index in [1.807, 2.05) is 30.3 Å². The molecule has 1 N–H and O–H groups in total. The van der Waals surface area contributed by atoms with E-state index in [2.05, 4.69) is 4.72 Å². The smallest absolute Gasteiger partial charge is 0.409 e. The van der Waals surface area contributed by atoms with Crippen LogP contribution in [0.2, 0.25) is 0 Å². The van der Waals surface area contributed by atoms with Crippen LogP contribution in [0.1, 0.15) is 12.5 Å². The van der Waals surface area contributed by atoms with E-state index in [1.165, 1.54) is 24.3 Å². The standard InChI is InChI=1S/C23H29N3O6S/c1-2-31-23(28)26-16-14-25(15-17-26)22(27)18-32-20-8-10-21(11-9-20)33(29,30)24-13-12-19-6-4-3-5-7-19/h3-11,24H,2,12-18H2,1H3. The monoisotopic (exact) mass is 475 g/mol. The number of amides is 2. The Bertz CT molecular complexity index is 1020. The normalized spacial score (nSPS) is 14.1. The van der Waals surface area contributed by atoms with Gasteiger partial charge in [-0.25, -0.2) is 17.9 Å². The first-order valence-corrected chi connectivity index (χ1v) is 12.3. The Morgan fingerprint density at radius 1 is 0.939 bits per heavy atom. The van der Waals surface area contributed by atoms with Crippen LogP contribution in [0.4, 0.5) is 4.79 Å². The van der Waals surface area contributed by atoms with Gasteiger partial charge in [-0.1, -0.05) is 30.3 Å². The first-order valence-electron chi connectivity index (χ1n) is 10.8. The van der Waals surface area contributed by atoms with Gasteiger partial charge < -0.3 is 19.3 Å². The third-order valence-electron chi connectivity index (χ3n) is 5.20. The average Bonchev–Trinajstić information content (AvgIpc) is 2.83. The molecule has 0 bridgehead atoms. The topological polar surface area (TPSA) is 105 Å². The molecule has 9 nitrogen and oxygen atoms in total. The molecule has 1 fully saturated rings. The van der Waals surface area contributed by atoms with E-state index >= 15 is 0 Å². The summed E-state index contributed by atoms with van der Waals surface area (Å²) in [5.41, 5.74) is 1.05. The predicted molar refractivity (Wildman–Crippen MR) is 122 cm³/mol. The van der Waals surface area contributed by atoms with E-state index < -0.39 is 10.0 Å². The third-order valence-corrected chi connectivity index (χ3v) is 6.68. The molecule has 178 valence electrons. The molecule has 2 aromatic rings. The van der Waals surface area contributed by atoms with Crippen molar-refractivity contribution in [1.82, 2.24) is 14.5 Å². The number of nitrogens with one attached hydrogen (secondary N) is 1. The molecule has 3 rings (SSSR count). The fourth-order valence-electron chi connectivity index (χ4n) is 3.36. The van der Waals surface area contributed by atoms with Crippen LogP contribution >= 0.6 is 0 Å². The fraction of sp³-hybridized carbons (Fsp3) is 0.391. The molecular weight excluding hydrogens is 446 g/mol. The first kappa shape index (κ1) is 24.5. The highest BCUT2D eigenvalue weighted by atomic mass is 32.2. The van der Waals surface area contributed by atoms with E-state index in [0.29, 0.717) is 51.5 Å². The second kappa shape index (κ2) is 11.7. The maximum Gasteiger partial charge on any atom is 0.409 e. The second-order valence-corrected chi connectivity index (χ2v) is 9.23. The minimum absolute atomic E-state index is 0.129. The average molecular weight is 476 g/mol. The highest BCUT2D eigenvalue weighted by molar-refractivity contribution is 7.89. The first-order chi connectivity index (χ1) is 15.9. The Morgan fingerprint density at radius 2 is 1.58 bits per heavy atom. The van der Waals surface area contributed by atoms with Crippen molar-refractivity contribution >= 4 is 22.0 Å². The highest BCUT2D eigenvalue weighted by Gasteiger charge is 2.25. The number of piperazine rings is 1. The lowest BCUT2D eigenvalue weighted by Gasteiger charge is -2.33. The summed E-state index contributed by atoms with van der Waals surface area (Å²) in [5.74, 6) is 0.203. The Balaban J connectivity index is 1.43. The molecule has 0 saturated carbocycles. The summed E-state index contributed by atoms with van der Waals surface area (Å²) in [7, 11) is -3.64. The number of nitrogens with zero attached hydrogens (tertiary/aromatic N) is 2. The van der Waals surface area contributed by atoms with E-state index in [-0.39, 0.29) is 23.5 Å². The van der Waals surface area contributed by atoms with Crippen molar-refractivity contribution in [2.75, 3.05) is 45.9 Å². The van der Waals surface area contributed by atoms with Crippen LogP contribution < -0.4 is 9.46 Å². The van der Waals surface area contributed by atoms with Crippen LogP contribution in [0.15, 0.2) is 59.5 Å². The molecule has 2 aromatic carbocycles. The van der Waals surface area contributed by atoms with E-state index in [9.17, 15) is 18.0 Å². The molecule has 0 aliphatic carbocycles. The number of rotatable bonds is 9. The van der Waals surface area contributed by atoms with Gasteiger partial charge in [-0.2, -0.15) is 0 Å². The summed E-state index contributed by atoms with van der Waals surface area (Å²) in [6, 6.07) is 15.6. The van der Waals surface area contributed by atoms with E-state index in [4.69, 9.17) is 9.47 Å². The number of hydrogen-bond acceptors (Lipinski definition) is 6. The molecule has 1 aliphatic rings. The van der Waals surface area contributed by atoms with Crippen LogP contribution in [0, 0.1) is 0 Å². The van der Waals surface area contributed by atoms with E-state index in [1.54, 1.807) is 16.7 Å². The third kappa shape index (κ3) is 7.19. The molecule has 0 spiro atoms. The van der Waals surface area contributed by atoms with Crippen LogP contribution in [-0.2, 0) is 26.0 Å². The maximum atomic E-state index is 12.5. The highest BCUT2D eigenvalue weighted by Crippen LogP contribution is 2.16. The van der Waals surface area contributed by atoms with Crippen molar-refractivity contribution in [3.63, 3.8) is 0 Å². The Hall–Kier alpha value is -3.11. The zero-order chi connectivity index (χ0) is 23.7. The number of sulfonamides is 1. The molecule has 2 amide bonds. The second-order valence-electron chi connectivity index (χ2n) is 7.46. The van der Waals surface area contributed by atoms with Crippen molar-refractivity contribution in [3.05, 3.63) is 60.2 Å². The minimum atomic E-state index is -3.64. The molecule has 1 saturated heterocycles. The van der Waals surface area contributed by atoms with Gasteiger partial charge in [-0.05, 0) is 43.2 Å². The van der Waals surface area contributed by atoms with Gasteiger partial charge in [-0.3, -0.25) is 4.79 Å². The zero-order valence-corrected chi connectivity index (χ0v) is 19.4. The van der Waals surface area contributed by atoms with Crippen LogP contribution in [0.5, 0.6) is 5.75 Å². The number of benzene rings is 2. The van der Waals surface area contributed by atoms with Gasteiger partial charge >= 0.3 is 6.09 Å². The Morgan fingerprint density at radius 3 is 2.21 bits per heavy atom. The summed E-state index contributed by atoms with van der Waals surface area (Å²) in [5, 5.41) is 0. The molecule has 0 unspecified atom stereocenters. The summed E-state index contributed by atoms with van der Waals surface area (Å²) in [6.07, 6.45) is 0.225. The number of carbonyl (C=O) groups excluding carboxylic acids is 2. The quantitative estimate of drug-likeness (QED) is 0.594. The molecule has 1 heterocycles. The summed E-state index contributed by atoms with van der Waals surface area (Å²) < 4.78 is 38.0. The molecule has 33 heavy (non-hydrogen) atoms. The number of hydrogen-bond donors (Lipinski definition) is 1. The number of carbonyl (C=O) groups is 2. The molecule has 10 heteroatoms. The van der Waals surface area contributed by atoms with Gasteiger partial charge in [0.05, 0.1) is 11.5 Å². The van der Waals surface area contributed by atoms with Gasteiger partial charge in [0.1, 0.15) is 5.75 Å². The Labute approximate surface area is 194 Å². The molecule has 0 atom stereocenters. The van der Waals surface area contributed by atoms with Gasteiger partial charge in [0.25, 0.3) is 5.91 Å². The van der Waals surface area contributed by atoms with Crippen LogP contribution in [0.3, 0.4) is 0 Å². The Kier molecular flexibility index (Phi) is 8.67. The van der Waals surface area contributed by atoms with Crippen LogP contribution in [0.25, 0.3) is 0 Å². The maximum absolute atomic E-state index is 12.5. The van der Waals surface area contributed by atoms with Gasteiger partial charge in [0, 0.05) is 32.7 Å². The predicted octanol–water partition coefficient (Wildman–Crippen LogP) is 1.89. The lowest BCUT2D eigenvalue weighted by molar-refractivity contribution is -0.134. The lowest BCUT2D eigenvalue weighted by Crippen LogP contribution is -2.51. The summed E-state index contributed by atoms with van der Waals surface area (Å²) >= 11 is 0. The minimum Gasteiger partial charge on any atom is -0.484 e. The van der Waals surface area contributed by atoms with Gasteiger partial charge in [0.15, 0.2) is 6.61 Å². The van der Waals surface area contributed by atoms with Crippen molar-refractivity contribution in [1.29, 1.82) is 0 Å². The summed E-state index contributed by atoms with van der Waals surface area (Å²) in [4.78, 5) is 27.5. The van der Waals surface area contributed by atoms with Gasteiger partial charge in [-0.15, -0.1) is 0 Å². The fourth-order valence-corrected chi connectivity index (χ4v) is 4.39. The molecular formula is C23H29N3O6S. The van der Waals surface area contributed by atoms with Gasteiger partial charge in [0.2, 0.25) is 10.0 Å². The molecule has 0 radical (unpaired) electrons. The summed E-state index contributed by atoms with van der Waals surface area (Å²) in [6.45, 7) is 3.83. The SMILES string of the molecule is CCOC(=O)N1CCN(C(=O)COc2ccc(S(=O)(=O)NCCc3ccccc3)cc2)CC1. The van der Waals surface area contributed by atoms with Crippen LogP contribution in [-0.4, -0.2) is 76.2 Å². The van der Waals surface area contributed by atoms with E-state index in [0.717, 1.165) is 5.56 Å². The zero-order valence-electron chi connectivity index (χ0n) is 18.6. The lowest BCUT2D eigenvalue weighted by atomic mass is 10.2. The van der Waals surface area contributed by atoms with Crippen molar-refractivity contribution in [2.24, 2.45) is 0 Å². The number of ether oxygens (including phenoxy) is 2. The van der Waals surface area contributed by atoms with Crippen molar-refractivity contribution in [3.8, 4) is 5.75 Å². The van der Waals surface area contributed by atoms with Crippen molar-refractivity contribution in [2.45, 2.75) is 18.2 Å². The molecule has 0 aromatic heterocycles.